The molecule has 0 bridgehead atoms. The fourth-order valence-electron chi connectivity index (χ4n) is 19.0. The number of carbonyl (C=O) groups excluding carboxylic acids is 9. The lowest BCUT2D eigenvalue weighted by Crippen LogP contribution is -2.69. The van der Waals surface area contributed by atoms with E-state index in [0.717, 1.165) is 86.5 Å². The summed E-state index contributed by atoms with van der Waals surface area (Å²) in [7, 11) is 1.52. The van der Waals surface area contributed by atoms with Gasteiger partial charge in [-0.05, 0) is 147 Å². The third kappa shape index (κ3) is 14.6. The molecule has 0 amide bonds. The molecule has 4 saturated carbocycles. The van der Waals surface area contributed by atoms with Crippen molar-refractivity contribution in [3.05, 3.63) is 83.4 Å². The molecule has 99 heavy (non-hydrogen) atoms. The number of benzene rings is 2. The molecule has 544 valence electrons. The molecule has 5 aliphatic carbocycles. The lowest BCUT2D eigenvalue weighted by atomic mass is 9.33. The number of carbonyl (C=O) groups is 9. The highest BCUT2D eigenvalue weighted by Crippen LogP contribution is 2.76. The van der Waals surface area contributed by atoms with E-state index in [-0.39, 0.29) is 57.0 Å². The largest absolute Gasteiger partial charge is 0.469 e. The number of rotatable bonds is 18. The minimum Gasteiger partial charge on any atom is -0.469 e. The lowest BCUT2D eigenvalue weighted by molar-refractivity contribution is -0.392. The first-order valence-electron chi connectivity index (χ1n) is 34.9. The molecule has 3 saturated heterocycles. The number of esters is 9. The molecule has 25 atom stereocenters. The average molecular weight is 1390 g/mol. The highest BCUT2D eigenvalue weighted by molar-refractivity contribution is 5.90. The van der Waals surface area contributed by atoms with Gasteiger partial charge < -0.3 is 71.1 Å². The van der Waals surface area contributed by atoms with Crippen LogP contribution in [-0.4, -0.2) is 166 Å². The van der Waals surface area contributed by atoms with E-state index in [0.29, 0.717) is 18.8 Å². The average Bonchev–Trinajstić information content (AvgIpc) is 0.676. The predicted molar refractivity (Wildman–Crippen MR) is 349 cm³/mol. The van der Waals surface area contributed by atoms with Crippen molar-refractivity contribution >= 4 is 53.7 Å². The first-order chi connectivity index (χ1) is 46.7. The third-order valence-electron chi connectivity index (χ3n) is 23.9. The summed E-state index contributed by atoms with van der Waals surface area (Å²) in [4.78, 5) is 122. The zero-order valence-electron chi connectivity index (χ0n) is 59.8. The zero-order chi connectivity index (χ0) is 72.0. The maximum absolute atomic E-state index is 15.2. The van der Waals surface area contributed by atoms with Gasteiger partial charge in [0, 0.05) is 41.5 Å². The Kier molecular flexibility index (Phi) is 22.4. The molecule has 3 heterocycles. The molecule has 0 unspecified atom stereocenters. The number of hydrogen-bond acceptors (Lipinski definition) is 24. The molecule has 0 spiro atoms. The monoisotopic (exact) mass is 1380 g/mol. The topological polar surface area (TPSA) is 292 Å². The lowest BCUT2D eigenvalue weighted by Gasteiger charge is -2.71. The molecule has 0 N–H and O–H groups in total. The minimum atomic E-state index is -1.85. The second kappa shape index (κ2) is 29.6. The summed E-state index contributed by atoms with van der Waals surface area (Å²) in [6, 6.07) is 16.0. The van der Waals surface area contributed by atoms with Crippen molar-refractivity contribution in [1.82, 2.24) is 0 Å². The molecular weight excluding hydrogens is 1280 g/mol. The summed E-state index contributed by atoms with van der Waals surface area (Å²) >= 11 is 0. The normalized spacial score (nSPS) is 39.8. The van der Waals surface area contributed by atoms with Crippen LogP contribution in [0.3, 0.4) is 0 Å². The molecule has 2 aromatic carbocycles. The van der Waals surface area contributed by atoms with Crippen LogP contribution in [0, 0.1) is 56.7 Å². The fraction of sp³-hybridized carbons (Fsp3) is 0.693. The summed E-state index contributed by atoms with van der Waals surface area (Å²) in [6.07, 6.45) is -15.3. The maximum Gasteiger partial charge on any atom is 0.338 e. The highest BCUT2D eigenvalue weighted by atomic mass is 16.8. The van der Waals surface area contributed by atoms with Crippen LogP contribution in [0.5, 0.6) is 0 Å². The van der Waals surface area contributed by atoms with E-state index in [1.165, 1.54) is 38.7 Å². The van der Waals surface area contributed by atoms with Gasteiger partial charge >= 0.3 is 53.7 Å². The molecule has 24 heteroatoms. The van der Waals surface area contributed by atoms with Gasteiger partial charge in [-0.3, -0.25) is 33.6 Å². The second-order valence-electron chi connectivity index (χ2n) is 30.1. The molecule has 8 aliphatic rings. The van der Waals surface area contributed by atoms with E-state index in [1.807, 2.05) is 0 Å². The van der Waals surface area contributed by atoms with Crippen LogP contribution in [0.1, 0.15) is 182 Å². The Hall–Kier alpha value is -6.83. The molecule has 0 aromatic heterocycles. The SMILES string of the molecule is COC(=O)[C@]12CC[C@@H](C)[C@H](C)[C@H]1C1=CC[C@@H]3[C@@]4(C)CC[C@H](O[C@@H]5O[C@H](COC(=O)c6ccccc6)[C@@H](O[C@@H]6O[C@@H](C)[C@H](OC(C)=O)[C@@H](OC(C)=O)[C@H]6OC(C)=O)[C@H](OC(=O)c6ccccc6)[C@H]5O[C@@H]5O[C@@H](C)[C@H](OC(C)=O)[C@@H](OC(C)=O)[C@H]5OC(C)=O)C(C)(C)[C@@H]4CC[C@@]3(C)[C@]1(C)CC2. The van der Waals surface area contributed by atoms with Crippen LogP contribution in [0.15, 0.2) is 72.3 Å². The number of hydrogen-bond donors (Lipinski definition) is 0. The van der Waals surface area contributed by atoms with Crippen molar-refractivity contribution < 1.29 is 114 Å². The Morgan fingerprint density at radius 2 is 0.949 bits per heavy atom. The molecule has 24 nitrogen and oxygen atoms in total. The number of allylic oxidation sites excluding steroid dienone is 2. The van der Waals surface area contributed by atoms with Gasteiger partial charge in [-0.1, -0.05) is 96.5 Å². The summed E-state index contributed by atoms with van der Waals surface area (Å²) in [5.74, 6) is -5.98. The molecule has 7 fully saturated rings. The first-order valence-corrected chi connectivity index (χ1v) is 34.9. The molecule has 3 aliphatic heterocycles. The van der Waals surface area contributed by atoms with Crippen LogP contribution >= 0.6 is 0 Å². The summed E-state index contributed by atoms with van der Waals surface area (Å²) in [5, 5.41) is 0. The van der Waals surface area contributed by atoms with Crippen LogP contribution in [0.25, 0.3) is 0 Å². The third-order valence-corrected chi connectivity index (χ3v) is 23.9. The highest BCUT2D eigenvalue weighted by Gasteiger charge is 2.71. The van der Waals surface area contributed by atoms with Gasteiger partial charge in [0.2, 0.25) is 0 Å². The number of methoxy groups -OCH3 is 1. The van der Waals surface area contributed by atoms with Crippen LogP contribution in [-0.2, 0) is 105 Å². The van der Waals surface area contributed by atoms with Crippen molar-refractivity contribution in [2.45, 2.75) is 260 Å². The van der Waals surface area contributed by atoms with Gasteiger partial charge in [0.05, 0.1) is 42.0 Å². The number of fused-ring (bicyclic) bond motifs is 7. The maximum atomic E-state index is 15.2. The van der Waals surface area contributed by atoms with Crippen LogP contribution in [0.2, 0.25) is 0 Å². The van der Waals surface area contributed by atoms with Crippen molar-refractivity contribution in [2.24, 2.45) is 56.7 Å². The summed E-state index contributed by atoms with van der Waals surface area (Å²) < 4.78 is 95.5. The molecule has 0 radical (unpaired) electrons. The van der Waals surface area contributed by atoms with Crippen molar-refractivity contribution in [3.8, 4) is 0 Å². The Balaban J connectivity index is 1.10. The van der Waals surface area contributed by atoms with Gasteiger partial charge in [0.25, 0.3) is 0 Å². The quantitative estimate of drug-likeness (QED) is 0.0580. The second-order valence-corrected chi connectivity index (χ2v) is 30.1. The smallest absolute Gasteiger partial charge is 0.338 e. The van der Waals surface area contributed by atoms with Crippen molar-refractivity contribution in [1.29, 1.82) is 0 Å². The van der Waals surface area contributed by atoms with Gasteiger partial charge in [0.15, 0.2) is 67.7 Å². The van der Waals surface area contributed by atoms with Crippen LogP contribution in [0.4, 0.5) is 0 Å². The summed E-state index contributed by atoms with van der Waals surface area (Å²) in [5.41, 5.74) is -0.327. The minimum absolute atomic E-state index is 0.0170. The van der Waals surface area contributed by atoms with Crippen molar-refractivity contribution in [2.75, 3.05) is 13.7 Å². The van der Waals surface area contributed by atoms with E-state index < -0.39 is 163 Å². The van der Waals surface area contributed by atoms with Gasteiger partial charge in [-0.2, -0.15) is 0 Å². The number of ether oxygens (including phenoxy) is 15. The molecule has 10 rings (SSSR count). The fourth-order valence-corrected chi connectivity index (χ4v) is 19.0. The predicted octanol–water partition coefficient (Wildman–Crippen LogP) is 9.86. The van der Waals surface area contributed by atoms with E-state index in [9.17, 15) is 38.4 Å². The van der Waals surface area contributed by atoms with E-state index in [4.69, 9.17) is 71.1 Å². The zero-order valence-corrected chi connectivity index (χ0v) is 59.8. The van der Waals surface area contributed by atoms with E-state index in [1.54, 1.807) is 48.5 Å². The van der Waals surface area contributed by atoms with Gasteiger partial charge in [-0.15, -0.1) is 0 Å². The van der Waals surface area contributed by atoms with Gasteiger partial charge in [0.1, 0.15) is 18.8 Å². The van der Waals surface area contributed by atoms with E-state index in [2.05, 4.69) is 54.5 Å². The summed E-state index contributed by atoms with van der Waals surface area (Å²) in [6.45, 7) is 25.4. The Bertz CT molecular complexity index is 3350. The Morgan fingerprint density at radius 3 is 1.46 bits per heavy atom. The Morgan fingerprint density at radius 1 is 0.475 bits per heavy atom. The van der Waals surface area contributed by atoms with E-state index >= 15 is 4.79 Å². The first kappa shape index (κ1) is 74.8. The molecule has 2 aromatic rings. The Labute approximate surface area is 579 Å². The van der Waals surface area contributed by atoms with Gasteiger partial charge in [-0.25, -0.2) is 9.59 Å². The van der Waals surface area contributed by atoms with Crippen molar-refractivity contribution in [3.63, 3.8) is 0 Å². The molecular formula is C75H100O24. The van der Waals surface area contributed by atoms with Crippen LogP contribution < -0.4 is 0 Å². The standard InChI is InChI=1S/C75H100O24/c1-38-29-34-75(70(84)85-16)36-35-73(14)50(55(75)39(38)2)27-28-53-72(13)32-31-54(71(11,12)52(72)30-33-74(53,73)15)96-69-64(99-68-63(94-47(10)81)60(92-45(8)79)57(41(4)88-68)90-43(6)77)61(97-66(83)49-25-21-18-22-26-49)58(51(95-69)37-86-65(82)48-23-19-17-20-24-48)98-67-62(93-46(9)80)59(91-44(7)78)56(40(3)87-67)89-42(5)76/h17-27,38-41,51-64,67-69H,28-37H2,1-16H3/t38-,39+,40+,41+,51-,52+,53-,54+,55+,56+,57+,58-,59-,60-,61+,62-,63-,64-,67+,68+,69+,72+,73-,74-,75+/m1/s1.